The van der Waals surface area contributed by atoms with Crippen LogP contribution in [0.25, 0.3) is 0 Å². The molecule has 0 aromatic heterocycles. The Bertz CT molecular complexity index is 881. The summed E-state index contributed by atoms with van der Waals surface area (Å²) in [5, 5.41) is 0. The molecule has 4 rings (SSSR count). The number of aryl methyl sites for hydroxylation is 2. The molecule has 0 heterocycles. The Labute approximate surface area is 204 Å². The molecule has 0 spiro atoms. The van der Waals surface area contributed by atoms with Crippen LogP contribution < -0.4 is 0 Å². The summed E-state index contributed by atoms with van der Waals surface area (Å²) in [6.45, 7) is 14.3. The normalized spacial score (nSPS) is 18.2. The molecule has 0 unspecified atom stereocenters. The summed E-state index contributed by atoms with van der Waals surface area (Å²) in [4.78, 5) is 0. The molecule has 0 radical (unpaired) electrons. The zero-order chi connectivity index (χ0) is 23.6. The van der Waals surface area contributed by atoms with E-state index in [2.05, 4.69) is 65.8 Å². The van der Waals surface area contributed by atoms with Crippen LogP contribution in [0, 0.1) is 0 Å². The van der Waals surface area contributed by atoms with Gasteiger partial charge in [-0.25, -0.2) is 0 Å². The molecule has 2 aliphatic rings. The van der Waals surface area contributed by atoms with E-state index in [1.54, 1.807) is 33.4 Å². The average molecular weight is 445 g/mol. The highest BCUT2D eigenvalue weighted by Gasteiger charge is 2.25. The maximum absolute atomic E-state index is 2.58. The third-order valence-electron chi connectivity index (χ3n) is 8.25. The van der Waals surface area contributed by atoms with Crippen LogP contribution in [0.15, 0.2) is 24.3 Å². The van der Waals surface area contributed by atoms with Gasteiger partial charge in [-0.05, 0) is 100 Å². The van der Waals surface area contributed by atoms with E-state index in [0.717, 1.165) is 6.42 Å². The van der Waals surface area contributed by atoms with Crippen molar-refractivity contribution >= 4 is 0 Å². The lowest BCUT2D eigenvalue weighted by Gasteiger charge is -2.24. The molecular formula is C33H48. The van der Waals surface area contributed by atoms with Crippen LogP contribution in [0.4, 0.5) is 0 Å². The van der Waals surface area contributed by atoms with Crippen LogP contribution in [0.2, 0.25) is 0 Å². The Morgan fingerprint density at radius 1 is 0.424 bits per heavy atom. The average Bonchev–Trinajstić information content (AvgIpc) is 2.92. The monoisotopic (exact) mass is 444 g/mol. The zero-order valence-electron chi connectivity index (χ0n) is 22.5. The topological polar surface area (TPSA) is 0 Å². The van der Waals surface area contributed by atoms with Gasteiger partial charge in [0.25, 0.3) is 0 Å². The van der Waals surface area contributed by atoms with Gasteiger partial charge in [0.05, 0.1) is 0 Å². The van der Waals surface area contributed by atoms with Gasteiger partial charge in [-0.1, -0.05) is 104 Å². The first-order valence-corrected chi connectivity index (χ1v) is 13.9. The number of hydrogen-bond donors (Lipinski definition) is 0. The third-order valence-corrected chi connectivity index (χ3v) is 8.25. The van der Waals surface area contributed by atoms with Crippen molar-refractivity contribution in [3.8, 4) is 0 Å². The van der Waals surface area contributed by atoms with E-state index in [4.69, 9.17) is 0 Å². The maximum atomic E-state index is 2.58. The van der Waals surface area contributed by atoms with E-state index in [1.807, 2.05) is 0 Å². The summed E-state index contributed by atoms with van der Waals surface area (Å²) in [6, 6.07) is 10.3. The van der Waals surface area contributed by atoms with Gasteiger partial charge in [0.1, 0.15) is 0 Å². The first-order chi connectivity index (χ1) is 15.6. The fourth-order valence-corrected chi connectivity index (χ4v) is 6.01. The fraction of sp³-hybridized carbons (Fsp3) is 0.636. The van der Waals surface area contributed by atoms with E-state index in [1.165, 1.54) is 88.2 Å². The SMILES string of the molecule is CC(C)(C)c1cc2c3c(c1)Cc1cc(C(C)(C)C)cc(c1CC3)CCCCCCCCCC2. The lowest BCUT2D eigenvalue weighted by Crippen LogP contribution is -2.14. The molecule has 2 bridgehead atoms. The zero-order valence-corrected chi connectivity index (χ0v) is 22.5. The lowest BCUT2D eigenvalue weighted by molar-refractivity contribution is 0.563. The van der Waals surface area contributed by atoms with E-state index < -0.39 is 0 Å². The van der Waals surface area contributed by atoms with Gasteiger partial charge >= 0.3 is 0 Å². The predicted molar refractivity (Wildman–Crippen MR) is 145 cm³/mol. The molecule has 0 aliphatic heterocycles. The number of rotatable bonds is 0. The van der Waals surface area contributed by atoms with Crippen molar-refractivity contribution in [2.75, 3.05) is 0 Å². The second kappa shape index (κ2) is 9.97. The van der Waals surface area contributed by atoms with Crippen molar-refractivity contribution in [3.05, 3.63) is 68.8 Å². The summed E-state index contributed by atoms with van der Waals surface area (Å²) in [7, 11) is 0. The fourth-order valence-electron chi connectivity index (χ4n) is 6.01. The molecule has 0 amide bonds. The Morgan fingerprint density at radius 2 is 0.758 bits per heavy atom. The van der Waals surface area contributed by atoms with Crippen LogP contribution in [0.1, 0.15) is 137 Å². The molecule has 180 valence electrons. The smallest absolute Gasteiger partial charge is 0.00199 e. The highest BCUT2D eigenvalue weighted by atomic mass is 14.3. The van der Waals surface area contributed by atoms with Gasteiger partial charge in [-0.2, -0.15) is 0 Å². The van der Waals surface area contributed by atoms with E-state index in [-0.39, 0.29) is 10.8 Å². The van der Waals surface area contributed by atoms with Crippen LogP contribution in [-0.2, 0) is 42.9 Å². The molecule has 2 aromatic carbocycles. The van der Waals surface area contributed by atoms with Crippen LogP contribution in [0.3, 0.4) is 0 Å². The van der Waals surface area contributed by atoms with Gasteiger partial charge in [0, 0.05) is 0 Å². The summed E-state index contributed by atoms with van der Waals surface area (Å²) in [5.74, 6) is 0. The van der Waals surface area contributed by atoms with E-state index >= 15 is 0 Å². The molecule has 0 saturated heterocycles. The molecule has 0 nitrogen and oxygen atoms in total. The van der Waals surface area contributed by atoms with Gasteiger partial charge in [-0.3, -0.25) is 0 Å². The molecule has 0 N–H and O–H groups in total. The van der Waals surface area contributed by atoms with Gasteiger partial charge < -0.3 is 0 Å². The largest absolute Gasteiger partial charge is 0.0561 e. The van der Waals surface area contributed by atoms with Crippen molar-refractivity contribution in [2.45, 2.75) is 136 Å². The summed E-state index contributed by atoms with van der Waals surface area (Å²) < 4.78 is 0. The Balaban J connectivity index is 1.83. The second-order valence-corrected chi connectivity index (χ2v) is 13.1. The van der Waals surface area contributed by atoms with E-state index in [0.29, 0.717) is 0 Å². The molecule has 2 aromatic rings. The summed E-state index contributed by atoms with van der Waals surface area (Å²) >= 11 is 0. The minimum absolute atomic E-state index is 0.204. The minimum Gasteiger partial charge on any atom is -0.0561 e. The van der Waals surface area contributed by atoms with Crippen LogP contribution >= 0.6 is 0 Å². The highest BCUT2D eigenvalue weighted by Crippen LogP contribution is 2.36. The number of fused-ring (bicyclic) bond motifs is 1. The van der Waals surface area contributed by atoms with Crippen molar-refractivity contribution in [3.63, 3.8) is 0 Å². The van der Waals surface area contributed by atoms with Crippen LogP contribution in [-0.4, -0.2) is 0 Å². The molecule has 0 saturated carbocycles. The van der Waals surface area contributed by atoms with E-state index in [9.17, 15) is 0 Å². The summed E-state index contributed by atoms with van der Waals surface area (Å²) in [6.07, 6.45) is 17.3. The van der Waals surface area contributed by atoms with Crippen molar-refractivity contribution < 1.29 is 0 Å². The molecular weight excluding hydrogens is 396 g/mol. The first-order valence-electron chi connectivity index (χ1n) is 13.9. The predicted octanol–water partition coefficient (Wildman–Crippen LogP) is 9.19. The molecule has 0 atom stereocenters. The Hall–Kier alpha value is -1.56. The Kier molecular flexibility index (Phi) is 7.42. The van der Waals surface area contributed by atoms with Gasteiger partial charge in [0.2, 0.25) is 0 Å². The van der Waals surface area contributed by atoms with Crippen LogP contribution in [0.5, 0.6) is 0 Å². The minimum atomic E-state index is 0.204. The number of benzene rings is 2. The maximum Gasteiger partial charge on any atom is -0.00199 e. The molecule has 33 heavy (non-hydrogen) atoms. The Morgan fingerprint density at radius 3 is 1.12 bits per heavy atom. The van der Waals surface area contributed by atoms with Gasteiger partial charge in [-0.15, -0.1) is 0 Å². The van der Waals surface area contributed by atoms with Crippen molar-refractivity contribution in [2.24, 2.45) is 0 Å². The summed E-state index contributed by atoms with van der Waals surface area (Å²) in [5.41, 5.74) is 13.4. The quantitative estimate of drug-likeness (QED) is 0.380. The lowest BCUT2D eigenvalue weighted by atomic mass is 9.80. The standard InChI is InChI=1S/C33H48/c1-32(2,3)28-20-24-15-13-11-9-7-8-10-12-14-16-25-21-29(33(4,5)6)23-27-19-26(22-28)30(24)17-18-31(25)27/h20-23H,7-19H2,1-6H3. The highest BCUT2D eigenvalue weighted by molar-refractivity contribution is 5.51. The first kappa shape index (κ1) is 24.6. The molecule has 0 heteroatoms. The third kappa shape index (κ3) is 5.93. The second-order valence-electron chi connectivity index (χ2n) is 13.1. The number of hydrogen-bond acceptors (Lipinski definition) is 0. The van der Waals surface area contributed by atoms with Gasteiger partial charge in [0.15, 0.2) is 0 Å². The van der Waals surface area contributed by atoms with Crippen molar-refractivity contribution in [1.82, 2.24) is 0 Å². The molecule has 0 fully saturated rings. The van der Waals surface area contributed by atoms with Crippen molar-refractivity contribution in [1.29, 1.82) is 0 Å². The molecule has 2 aliphatic carbocycles.